The Labute approximate surface area is 127 Å². The van der Waals surface area contributed by atoms with Crippen molar-refractivity contribution >= 4 is 15.9 Å². The summed E-state index contributed by atoms with van der Waals surface area (Å²) in [6, 6.07) is 4.96. The Morgan fingerprint density at radius 3 is 2.90 bits per heavy atom. The van der Waals surface area contributed by atoms with Gasteiger partial charge >= 0.3 is 0 Å². The number of hydrogen-bond acceptors (Lipinski definition) is 2. The van der Waals surface area contributed by atoms with Gasteiger partial charge in [-0.2, -0.15) is 5.10 Å². The predicted octanol–water partition coefficient (Wildman–Crippen LogP) is 3.61. The normalized spacial score (nSPS) is 12.6. The first-order valence-electron chi connectivity index (χ1n) is 6.76. The zero-order valence-electron chi connectivity index (χ0n) is 11.7. The summed E-state index contributed by atoms with van der Waals surface area (Å²) in [5.74, 6) is -0.201. The van der Waals surface area contributed by atoms with E-state index < -0.39 is 0 Å². The first kappa shape index (κ1) is 15.2. The fourth-order valence-electron chi connectivity index (χ4n) is 2.31. The van der Waals surface area contributed by atoms with Crippen molar-refractivity contribution in [3.05, 3.63) is 52.0 Å². The number of aromatic nitrogens is 2. The molecule has 0 aliphatic carbocycles. The highest BCUT2D eigenvalue weighted by Gasteiger charge is 2.15. The highest BCUT2D eigenvalue weighted by molar-refractivity contribution is 9.10. The number of nitrogens with zero attached hydrogens (tertiary/aromatic N) is 2. The lowest BCUT2D eigenvalue weighted by Gasteiger charge is -2.19. The third-order valence-electron chi connectivity index (χ3n) is 3.26. The molecule has 0 saturated heterocycles. The molecule has 2 aromatic rings. The molecule has 0 spiro atoms. The highest BCUT2D eigenvalue weighted by Crippen LogP contribution is 2.27. The number of benzene rings is 1. The van der Waals surface area contributed by atoms with Crippen molar-refractivity contribution in [2.75, 3.05) is 6.54 Å². The molecule has 0 fully saturated rings. The second-order valence-corrected chi connectivity index (χ2v) is 5.69. The zero-order chi connectivity index (χ0) is 14.5. The van der Waals surface area contributed by atoms with Crippen molar-refractivity contribution in [1.82, 2.24) is 15.1 Å². The minimum absolute atomic E-state index is 0.130. The summed E-state index contributed by atoms with van der Waals surface area (Å²) in [6.45, 7) is 2.91. The SMILES string of the molecule is CCNC(CCc1cnn(C)c1)c1cc(F)ccc1Br. The first-order valence-corrected chi connectivity index (χ1v) is 7.55. The van der Waals surface area contributed by atoms with Crippen LogP contribution in [0, 0.1) is 5.82 Å². The minimum atomic E-state index is -0.201. The quantitative estimate of drug-likeness (QED) is 0.871. The van der Waals surface area contributed by atoms with Crippen molar-refractivity contribution < 1.29 is 4.39 Å². The molecule has 1 aromatic heterocycles. The van der Waals surface area contributed by atoms with Crippen LogP contribution < -0.4 is 5.32 Å². The summed E-state index contributed by atoms with van der Waals surface area (Å²) in [7, 11) is 1.91. The number of rotatable bonds is 6. The van der Waals surface area contributed by atoms with Gasteiger partial charge in [0.25, 0.3) is 0 Å². The van der Waals surface area contributed by atoms with Crippen LogP contribution in [0.25, 0.3) is 0 Å². The maximum Gasteiger partial charge on any atom is 0.123 e. The molecule has 3 nitrogen and oxygen atoms in total. The summed E-state index contributed by atoms with van der Waals surface area (Å²) >= 11 is 3.51. The molecule has 0 radical (unpaired) electrons. The molecule has 1 heterocycles. The molecule has 0 bridgehead atoms. The van der Waals surface area contributed by atoms with Gasteiger partial charge in [-0.3, -0.25) is 4.68 Å². The van der Waals surface area contributed by atoms with Crippen LogP contribution in [-0.4, -0.2) is 16.3 Å². The molecule has 1 unspecified atom stereocenters. The highest BCUT2D eigenvalue weighted by atomic mass is 79.9. The number of hydrogen-bond donors (Lipinski definition) is 1. The van der Waals surface area contributed by atoms with Gasteiger partial charge in [0.05, 0.1) is 6.20 Å². The van der Waals surface area contributed by atoms with Crippen LogP contribution >= 0.6 is 15.9 Å². The van der Waals surface area contributed by atoms with Gasteiger partial charge in [0, 0.05) is 23.8 Å². The smallest absolute Gasteiger partial charge is 0.123 e. The lowest BCUT2D eigenvalue weighted by molar-refractivity contribution is 0.509. The van der Waals surface area contributed by atoms with Gasteiger partial charge in [-0.15, -0.1) is 0 Å². The van der Waals surface area contributed by atoms with E-state index in [1.54, 1.807) is 16.8 Å². The molecule has 0 saturated carbocycles. The van der Waals surface area contributed by atoms with E-state index in [9.17, 15) is 4.39 Å². The summed E-state index contributed by atoms with van der Waals surface area (Å²) in [4.78, 5) is 0. The van der Waals surface area contributed by atoms with E-state index in [1.165, 1.54) is 11.6 Å². The Kier molecular flexibility index (Phi) is 5.31. The maximum atomic E-state index is 13.5. The van der Waals surface area contributed by atoms with Gasteiger partial charge in [-0.1, -0.05) is 22.9 Å². The fraction of sp³-hybridized carbons (Fsp3) is 0.400. The molecule has 108 valence electrons. The van der Waals surface area contributed by atoms with Crippen LogP contribution in [0.4, 0.5) is 4.39 Å². The van der Waals surface area contributed by atoms with E-state index in [-0.39, 0.29) is 11.9 Å². The van der Waals surface area contributed by atoms with Crippen molar-refractivity contribution in [3.63, 3.8) is 0 Å². The topological polar surface area (TPSA) is 29.9 Å². The summed E-state index contributed by atoms with van der Waals surface area (Å²) in [5, 5.41) is 7.59. The molecule has 20 heavy (non-hydrogen) atoms. The number of nitrogens with one attached hydrogen (secondary N) is 1. The summed E-state index contributed by atoms with van der Waals surface area (Å²) in [5.41, 5.74) is 2.17. The molecule has 1 aromatic carbocycles. The first-order chi connectivity index (χ1) is 9.60. The Morgan fingerprint density at radius 2 is 2.25 bits per heavy atom. The van der Waals surface area contributed by atoms with Crippen LogP contribution in [0.15, 0.2) is 35.1 Å². The third kappa shape index (κ3) is 3.90. The molecule has 0 aliphatic heterocycles. The van der Waals surface area contributed by atoms with Gasteiger partial charge < -0.3 is 5.32 Å². The van der Waals surface area contributed by atoms with Crippen molar-refractivity contribution in [3.8, 4) is 0 Å². The number of aryl methyl sites for hydroxylation is 2. The number of halogens is 2. The van der Waals surface area contributed by atoms with Crippen LogP contribution in [0.3, 0.4) is 0 Å². The van der Waals surface area contributed by atoms with E-state index in [4.69, 9.17) is 0 Å². The Morgan fingerprint density at radius 1 is 1.45 bits per heavy atom. The largest absolute Gasteiger partial charge is 0.310 e. The standard InChI is InChI=1S/C15H19BrFN3/c1-3-18-15(7-4-11-9-19-20(2)10-11)13-8-12(17)5-6-14(13)16/h5-6,8-10,15,18H,3-4,7H2,1-2H3. The van der Waals surface area contributed by atoms with Crippen LogP contribution in [-0.2, 0) is 13.5 Å². The summed E-state index contributed by atoms with van der Waals surface area (Å²) < 4.78 is 16.2. The molecular formula is C15H19BrFN3. The average molecular weight is 340 g/mol. The van der Waals surface area contributed by atoms with E-state index >= 15 is 0 Å². The minimum Gasteiger partial charge on any atom is -0.310 e. The average Bonchev–Trinajstić information content (AvgIpc) is 2.83. The second kappa shape index (κ2) is 6.99. The molecule has 1 N–H and O–H groups in total. The van der Waals surface area contributed by atoms with Crippen molar-refractivity contribution in [2.24, 2.45) is 7.05 Å². The Balaban J connectivity index is 2.11. The second-order valence-electron chi connectivity index (χ2n) is 4.84. The van der Waals surface area contributed by atoms with Gasteiger partial charge in [-0.25, -0.2) is 4.39 Å². The Bertz CT molecular complexity index is 568. The van der Waals surface area contributed by atoms with Gasteiger partial charge in [0.1, 0.15) is 5.82 Å². The molecule has 1 atom stereocenters. The molecule has 2 rings (SSSR count). The fourth-order valence-corrected chi connectivity index (χ4v) is 2.83. The predicted molar refractivity (Wildman–Crippen MR) is 82.0 cm³/mol. The van der Waals surface area contributed by atoms with Crippen molar-refractivity contribution in [1.29, 1.82) is 0 Å². The molecule has 0 amide bonds. The lowest BCUT2D eigenvalue weighted by atomic mass is 10.00. The van der Waals surface area contributed by atoms with Crippen LogP contribution in [0.2, 0.25) is 0 Å². The third-order valence-corrected chi connectivity index (χ3v) is 3.99. The maximum absolute atomic E-state index is 13.5. The van der Waals surface area contributed by atoms with E-state index in [0.717, 1.165) is 29.4 Å². The monoisotopic (exact) mass is 339 g/mol. The van der Waals surface area contributed by atoms with Gasteiger partial charge in [0.15, 0.2) is 0 Å². The van der Waals surface area contributed by atoms with E-state index in [2.05, 4.69) is 33.3 Å². The Hall–Kier alpha value is -1.20. The van der Waals surface area contributed by atoms with Gasteiger partial charge in [0.2, 0.25) is 0 Å². The van der Waals surface area contributed by atoms with Crippen molar-refractivity contribution in [2.45, 2.75) is 25.8 Å². The van der Waals surface area contributed by atoms with E-state index in [0.29, 0.717) is 0 Å². The van der Waals surface area contributed by atoms with Gasteiger partial charge in [-0.05, 0) is 48.7 Å². The lowest BCUT2D eigenvalue weighted by Crippen LogP contribution is -2.22. The molecular weight excluding hydrogens is 321 g/mol. The van der Waals surface area contributed by atoms with Crippen LogP contribution in [0.5, 0.6) is 0 Å². The summed E-state index contributed by atoms with van der Waals surface area (Å²) in [6.07, 6.45) is 5.71. The van der Waals surface area contributed by atoms with E-state index in [1.807, 2.05) is 19.4 Å². The molecule has 0 aliphatic rings. The zero-order valence-corrected chi connectivity index (χ0v) is 13.3. The molecule has 5 heteroatoms. The van der Waals surface area contributed by atoms with Crippen LogP contribution in [0.1, 0.15) is 30.5 Å².